The number of nitrogens with one attached hydrogen (secondary N) is 1. The van der Waals surface area contributed by atoms with Gasteiger partial charge in [-0.25, -0.2) is 0 Å². The summed E-state index contributed by atoms with van der Waals surface area (Å²) in [6.45, 7) is 10.4. The fourth-order valence-electron chi connectivity index (χ4n) is 1.91. The first kappa shape index (κ1) is 14.6. The second-order valence-corrected chi connectivity index (χ2v) is 6.13. The van der Waals surface area contributed by atoms with E-state index in [-0.39, 0.29) is 11.5 Å². The second-order valence-electron chi connectivity index (χ2n) is 6.13. The Kier molecular flexibility index (Phi) is 4.12. The minimum atomic E-state index is -0.0937. The molecule has 0 amide bonds. The third kappa shape index (κ3) is 3.38. The summed E-state index contributed by atoms with van der Waals surface area (Å²) in [5.41, 5.74) is 2.29. The lowest BCUT2D eigenvalue weighted by molar-refractivity contribution is 0.354. The van der Waals surface area contributed by atoms with Crippen molar-refractivity contribution in [2.45, 2.75) is 52.5 Å². The zero-order valence-corrected chi connectivity index (χ0v) is 12.9. The lowest BCUT2D eigenvalue weighted by Gasteiger charge is -2.13. The van der Waals surface area contributed by atoms with Crippen molar-refractivity contribution >= 4 is 5.69 Å². The number of aryl methyl sites for hydroxylation is 1. The van der Waals surface area contributed by atoms with Crippen molar-refractivity contribution in [1.82, 2.24) is 10.1 Å². The van der Waals surface area contributed by atoms with Gasteiger partial charge in [-0.05, 0) is 31.0 Å². The Morgan fingerprint density at radius 1 is 1.30 bits per heavy atom. The van der Waals surface area contributed by atoms with Gasteiger partial charge in [-0.1, -0.05) is 45.0 Å². The van der Waals surface area contributed by atoms with Crippen LogP contribution in [0.4, 0.5) is 5.69 Å². The predicted octanol–water partition coefficient (Wildman–Crippen LogP) is 4.10. The van der Waals surface area contributed by atoms with Crippen LogP contribution in [-0.4, -0.2) is 10.1 Å². The van der Waals surface area contributed by atoms with Gasteiger partial charge in [0.2, 0.25) is 5.89 Å². The summed E-state index contributed by atoms with van der Waals surface area (Å²) < 4.78 is 5.36. The number of rotatable bonds is 4. The standard InChI is InChI=1S/C16H23N3O/c1-6-12-8-7-9-13(10-12)17-11(2)14-18-15(19-20-14)16(3,4)5/h7-11,17H,6H2,1-5H3. The van der Waals surface area contributed by atoms with E-state index < -0.39 is 0 Å². The number of benzene rings is 1. The molecule has 0 fully saturated rings. The van der Waals surface area contributed by atoms with E-state index in [1.54, 1.807) is 0 Å². The predicted molar refractivity (Wildman–Crippen MR) is 80.9 cm³/mol. The van der Waals surface area contributed by atoms with E-state index in [0.29, 0.717) is 5.89 Å². The van der Waals surface area contributed by atoms with Crippen molar-refractivity contribution in [3.63, 3.8) is 0 Å². The molecular formula is C16H23N3O. The zero-order chi connectivity index (χ0) is 14.8. The molecule has 1 N–H and O–H groups in total. The van der Waals surface area contributed by atoms with Crippen LogP contribution in [-0.2, 0) is 11.8 Å². The third-order valence-electron chi connectivity index (χ3n) is 3.20. The Hall–Kier alpha value is -1.84. The van der Waals surface area contributed by atoms with Crippen LogP contribution >= 0.6 is 0 Å². The van der Waals surface area contributed by atoms with Crippen LogP contribution in [0.15, 0.2) is 28.8 Å². The van der Waals surface area contributed by atoms with Crippen molar-refractivity contribution in [1.29, 1.82) is 0 Å². The molecule has 1 atom stereocenters. The first-order valence-corrected chi connectivity index (χ1v) is 7.09. The molecule has 1 unspecified atom stereocenters. The molecule has 2 aromatic rings. The van der Waals surface area contributed by atoms with Crippen LogP contribution in [0.5, 0.6) is 0 Å². The van der Waals surface area contributed by atoms with Gasteiger partial charge in [0.1, 0.15) is 6.04 Å². The molecule has 0 aliphatic heterocycles. The van der Waals surface area contributed by atoms with Gasteiger partial charge in [-0.2, -0.15) is 4.98 Å². The van der Waals surface area contributed by atoms with E-state index >= 15 is 0 Å². The Morgan fingerprint density at radius 3 is 2.65 bits per heavy atom. The lowest BCUT2D eigenvalue weighted by atomic mass is 9.96. The average molecular weight is 273 g/mol. The summed E-state index contributed by atoms with van der Waals surface area (Å²) in [7, 11) is 0. The van der Waals surface area contributed by atoms with Crippen LogP contribution in [0.25, 0.3) is 0 Å². The summed E-state index contributed by atoms with van der Waals surface area (Å²) in [5.74, 6) is 1.36. The number of aromatic nitrogens is 2. The molecule has 0 saturated carbocycles. The van der Waals surface area contributed by atoms with Gasteiger partial charge in [0, 0.05) is 11.1 Å². The summed E-state index contributed by atoms with van der Waals surface area (Å²) >= 11 is 0. The number of nitrogens with zero attached hydrogens (tertiary/aromatic N) is 2. The van der Waals surface area contributed by atoms with Gasteiger partial charge >= 0.3 is 0 Å². The van der Waals surface area contributed by atoms with Crippen LogP contribution < -0.4 is 5.32 Å². The molecule has 2 rings (SSSR count). The molecule has 1 aromatic carbocycles. The Morgan fingerprint density at radius 2 is 2.05 bits per heavy atom. The molecule has 108 valence electrons. The van der Waals surface area contributed by atoms with Crippen molar-refractivity contribution < 1.29 is 4.52 Å². The van der Waals surface area contributed by atoms with Gasteiger partial charge in [0.05, 0.1) is 0 Å². The van der Waals surface area contributed by atoms with Crippen LogP contribution in [0, 0.1) is 0 Å². The lowest BCUT2D eigenvalue weighted by Crippen LogP contribution is -2.14. The fourth-order valence-corrected chi connectivity index (χ4v) is 1.91. The second kappa shape index (κ2) is 5.65. The SMILES string of the molecule is CCc1cccc(NC(C)c2nc(C(C)(C)C)no2)c1. The Balaban J connectivity index is 2.11. The molecule has 4 heteroatoms. The highest BCUT2D eigenvalue weighted by Gasteiger charge is 2.23. The van der Waals surface area contributed by atoms with Crippen LogP contribution in [0.1, 0.15) is 57.9 Å². The van der Waals surface area contributed by atoms with Gasteiger partial charge in [0.25, 0.3) is 0 Å². The quantitative estimate of drug-likeness (QED) is 0.911. The summed E-state index contributed by atoms with van der Waals surface area (Å²) in [4.78, 5) is 4.48. The van der Waals surface area contributed by atoms with E-state index in [2.05, 4.69) is 67.4 Å². The first-order chi connectivity index (χ1) is 9.40. The monoisotopic (exact) mass is 273 g/mol. The topological polar surface area (TPSA) is 51.0 Å². The van der Waals surface area contributed by atoms with Crippen molar-refractivity contribution in [3.05, 3.63) is 41.5 Å². The largest absolute Gasteiger partial charge is 0.374 e. The number of hydrogen-bond donors (Lipinski definition) is 1. The molecule has 0 spiro atoms. The third-order valence-corrected chi connectivity index (χ3v) is 3.20. The zero-order valence-electron chi connectivity index (χ0n) is 12.9. The van der Waals surface area contributed by atoms with Gasteiger partial charge < -0.3 is 9.84 Å². The van der Waals surface area contributed by atoms with Gasteiger partial charge in [-0.3, -0.25) is 0 Å². The molecule has 0 radical (unpaired) electrons. The molecule has 20 heavy (non-hydrogen) atoms. The van der Waals surface area contributed by atoms with Crippen molar-refractivity contribution in [3.8, 4) is 0 Å². The minimum absolute atomic E-state index is 0.00861. The maximum Gasteiger partial charge on any atom is 0.248 e. The highest BCUT2D eigenvalue weighted by molar-refractivity contribution is 5.46. The van der Waals surface area contributed by atoms with Crippen LogP contribution in [0.3, 0.4) is 0 Å². The molecule has 1 aromatic heterocycles. The molecule has 1 heterocycles. The van der Waals surface area contributed by atoms with Gasteiger partial charge in [-0.15, -0.1) is 0 Å². The van der Waals surface area contributed by atoms with Gasteiger partial charge in [0.15, 0.2) is 5.82 Å². The fraction of sp³-hybridized carbons (Fsp3) is 0.500. The van der Waals surface area contributed by atoms with E-state index in [9.17, 15) is 0 Å². The molecule has 0 aliphatic carbocycles. The average Bonchev–Trinajstić information content (AvgIpc) is 2.88. The number of anilines is 1. The molecule has 4 nitrogen and oxygen atoms in total. The highest BCUT2D eigenvalue weighted by atomic mass is 16.5. The smallest absolute Gasteiger partial charge is 0.248 e. The normalized spacial score (nSPS) is 13.2. The maximum absolute atomic E-state index is 5.36. The van der Waals surface area contributed by atoms with E-state index in [1.165, 1.54) is 5.56 Å². The molecule has 0 aliphatic rings. The summed E-state index contributed by atoms with van der Waals surface area (Å²) in [6, 6.07) is 8.38. The Bertz CT molecular complexity index is 569. The summed E-state index contributed by atoms with van der Waals surface area (Å²) in [5, 5.41) is 7.46. The molecule has 0 bridgehead atoms. The van der Waals surface area contributed by atoms with Crippen molar-refractivity contribution in [2.24, 2.45) is 0 Å². The minimum Gasteiger partial charge on any atom is -0.374 e. The van der Waals surface area contributed by atoms with E-state index in [4.69, 9.17) is 4.52 Å². The maximum atomic E-state index is 5.36. The number of hydrogen-bond acceptors (Lipinski definition) is 4. The first-order valence-electron chi connectivity index (χ1n) is 7.09. The molecule has 0 saturated heterocycles. The van der Waals surface area contributed by atoms with E-state index in [0.717, 1.165) is 17.9 Å². The van der Waals surface area contributed by atoms with Crippen molar-refractivity contribution in [2.75, 3.05) is 5.32 Å². The molecular weight excluding hydrogens is 250 g/mol. The van der Waals surface area contributed by atoms with Crippen LogP contribution in [0.2, 0.25) is 0 Å². The Labute approximate surface area is 120 Å². The highest BCUT2D eigenvalue weighted by Crippen LogP contribution is 2.23. The summed E-state index contributed by atoms with van der Waals surface area (Å²) in [6.07, 6.45) is 1.03. The van der Waals surface area contributed by atoms with E-state index in [1.807, 2.05) is 6.92 Å².